The Hall–Kier alpha value is -1.14. The fourth-order valence-corrected chi connectivity index (χ4v) is 4.05. The van der Waals surface area contributed by atoms with Crippen LogP contribution in [0.1, 0.15) is 39.5 Å². The first-order valence-corrected chi connectivity index (χ1v) is 10.3. The Labute approximate surface area is 154 Å². The van der Waals surface area contributed by atoms with Crippen molar-refractivity contribution in [3.63, 3.8) is 0 Å². The quantitative estimate of drug-likeness (QED) is 0.252. The third-order valence-corrected chi connectivity index (χ3v) is 5.36. The Balaban J connectivity index is 2.52. The number of hydrogen-bond donors (Lipinski definition) is 0. The maximum absolute atomic E-state index is 5.54. The maximum Gasteiger partial charge on any atom is 0.117 e. The summed E-state index contributed by atoms with van der Waals surface area (Å²) < 4.78 is 11.1. The van der Waals surface area contributed by atoms with Gasteiger partial charge in [-0.1, -0.05) is 39.8 Å². The minimum Gasteiger partial charge on any atom is -0.498 e. The van der Waals surface area contributed by atoms with Gasteiger partial charge in [-0.15, -0.1) is 23.5 Å². The molecule has 0 aromatic carbocycles. The molecule has 0 spiro atoms. The van der Waals surface area contributed by atoms with E-state index in [1.54, 1.807) is 29.9 Å². The summed E-state index contributed by atoms with van der Waals surface area (Å²) in [5.41, 5.74) is 0. The Kier molecular flexibility index (Phi) is 11.5. The SMILES string of the molecule is C=COC(CCC)CSc1cc(SCC(CCC)OC=C)ncn1. The highest BCUT2D eigenvalue weighted by atomic mass is 32.2. The Morgan fingerprint density at radius 2 is 1.42 bits per heavy atom. The summed E-state index contributed by atoms with van der Waals surface area (Å²) in [5, 5.41) is 1.94. The number of ether oxygens (including phenoxy) is 2. The molecule has 4 nitrogen and oxygen atoms in total. The largest absolute Gasteiger partial charge is 0.498 e. The summed E-state index contributed by atoms with van der Waals surface area (Å²) in [4.78, 5) is 8.68. The molecule has 0 aliphatic carbocycles. The minimum atomic E-state index is 0.179. The molecular formula is C18H28N2O2S2. The molecule has 1 rings (SSSR count). The minimum absolute atomic E-state index is 0.179. The first-order valence-electron chi connectivity index (χ1n) is 8.33. The Bertz CT molecular complexity index is 447. The molecule has 0 aliphatic rings. The van der Waals surface area contributed by atoms with Crippen molar-refractivity contribution in [2.75, 3.05) is 11.5 Å². The summed E-state index contributed by atoms with van der Waals surface area (Å²) in [6, 6.07) is 2.03. The van der Waals surface area contributed by atoms with Crippen LogP contribution in [-0.4, -0.2) is 33.7 Å². The highest BCUT2D eigenvalue weighted by molar-refractivity contribution is 8.00. The molecule has 0 aliphatic heterocycles. The van der Waals surface area contributed by atoms with Gasteiger partial charge in [0.1, 0.15) is 28.6 Å². The van der Waals surface area contributed by atoms with Gasteiger partial charge in [0.2, 0.25) is 0 Å². The van der Waals surface area contributed by atoms with Crippen LogP contribution in [-0.2, 0) is 9.47 Å². The van der Waals surface area contributed by atoms with Crippen molar-refractivity contribution in [2.45, 2.75) is 61.8 Å². The summed E-state index contributed by atoms with van der Waals surface area (Å²) in [6.45, 7) is 11.6. The van der Waals surface area contributed by atoms with Crippen LogP contribution in [0.3, 0.4) is 0 Å². The first-order chi connectivity index (χ1) is 11.7. The van der Waals surface area contributed by atoms with Gasteiger partial charge < -0.3 is 9.47 Å². The smallest absolute Gasteiger partial charge is 0.117 e. The number of nitrogens with zero attached hydrogens (tertiary/aromatic N) is 2. The van der Waals surface area contributed by atoms with Crippen LogP contribution < -0.4 is 0 Å². The zero-order valence-corrected chi connectivity index (χ0v) is 16.3. The van der Waals surface area contributed by atoms with Crippen molar-refractivity contribution in [1.29, 1.82) is 0 Å². The van der Waals surface area contributed by atoms with E-state index in [9.17, 15) is 0 Å². The van der Waals surface area contributed by atoms with Gasteiger partial charge >= 0.3 is 0 Å². The van der Waals surface area contributed by atoms with Crippen LogP contribution in [0.15, 0.2) is 48.1 Å². The Morgan fingerprint density at radius 3 is 1.79 bits per heavy atom. The van der Waals surface area contributed by atoms with E-state index in [2.05, 4.69) is 37.0 Å². The topological polar surface area (TPSA) is 44.2 Å². The van der Waals surface area contributed by atoms with E-state index in [4.69, 9.17) is 9.47 Å². The number of aromatic nitrogens is 2. The van der Waals surface area contributed by atoms with E-state index >= 15 is 0 Å². The molecule has 2 unspecified atom stereocenters. The lowest BCUT2D eigenvalue weighted by atomic mass is 10.2. The molecule has 0 amide bonds. The molecule has 0 radical (unpaired) electrons. The second-order valence-electron chi connectivity index (χ2n) is 5.24. The molecule has 0 N–H and O–H groups in total. The molecule has 1 aromatic heterocycles. The second kappa shape index (κ2) is 13.2. The van der Waals surface area contributed by atoms with Crippen LogP contribution in [0, 0.1) is 0 Å². The van der Waals surface area contributed by atoms with Crippen molar-refractivity contribution >= 4 is 23.5 Å². The molecule has 1 aromatic rings. The molecule has 24 heavy (non-hydrogen) atoms. The molecular weight excluding hydrogens is 340 g/mol. The average molecular weight is 369 g/mol. The van der Waals surface area contributed by atoms with Crippen LogP contribution in [0.25, 0.3) is 0 Å². The summed E-state index contributed by atoms with van der Waals surface area (Å²) >= 11 is 3.39. The van der Waals surface area contributed by atoms with Crippen LogP contribution >= 0.6 is 23.5 Å². The summed E-state index contributed by atoms with van der Waals surface area (Å²) in [7, 11) is 0. The number of thioether (sulfide) groups is 2. The van der Waals surface area contributed by atoms with Gasteiger partial charge in [0.05, 0.1) is 12.5 Å². The van der Waals surface area contributed by atoms with Crippen molar-refractivity contribution in [3.8, 4) is 0 Å². The van der Waals surface area contributed by atoms with Crippen molar-refractivity contribution in [3.05, 3.63) is 38.1 Å². The van der Waals surface area contributed by atoms with Gasteiger partial charge in [0, 0.05) is 17.6 Å². The zero-order chi connectivity index (χ0) is 17.6. The van der Waals surface area contributed by atoms with Gasteiger partial charge in [-0.2, -0.15) is 0 Å². The molecule has 0 fully saturated rings. The fraction of sp³-hybridized carbons (Fsp3) is 0.556. The van der Waals surface area contributed by atoms with Gasteiger partial charge in [-0.3, -0.25) is 0 Å². The van der Waals surface area contributed by atoms with E-state index < -0.39 is 0 Å². The van der Waals surface area contributed by atoms with Crippen molar-refractivity contribution < 1.29 is 9.47 Å². The van der Waals surface area contributed by atoms with Gasteiger partial charge in [0.25, 0.3) is 0 Å². The zero-order valence-electron chi connectivity index (χ0n) is 14.6. The lowest BCUT2D eigenvalue weighted by molar-refractivity contribution is 0.157. The predicted molar refractivity (Wildman–Crippen MR) is 103 cm³/mol. The lowest BCUT2D eigenvalue weighted by Crippen LogP contribution is -2.13. The van der Waals surface area contributed by atoms with Gasteiger partial charge in [-0.05, 0) is 12.8 Å². The van der Waals surface area contributed by atoms with Crippen LogP contribution in [0.4, 0.5) is 0 Å². The summed E-state index contributed by atoms with van der Waals surface area (Å²) in [6.07, 6.45) is 9.24. The standard InChI is InChI=1S/C18H28N2O2S2/c1-5-9-15(21-7-3)12-23-17-11-18(20-14-19-17)24-13-16(10-6-2)22-8-4/h7-8,11,14-16H,3-6,9-10,12-13H2,1-2H3. The van der Waals surface area contributed by atoms with E-state index in [0.717, 1.165) is 47.2 Å². The normalized spacial score (nSPS) is 13.1. The molecule has 0 bridgehead atoms. The first kappa shape index (κ1) is 20.9. The van der Waals surface area contributed by atoms with Crippen molar-refractivity contribution in [1.82, 2.24) is 9.97 Å². The highest BCUT2D eigenvalue weighted by Gasteiger charge is 2.11. The molecule has 6 heteroatoms. The van der Waals surface area contributed by atoms with E-state index in [1.807, 2.05) is 6.07 Å². The van der Waals surface area contributed by atoms with E-state index in [-0.39, 0.29) is 12.2 Å². The Morgan fingerprint density at radius 1 is 0.958 bits per heavy atom. The third-order valence-electron chi connectivity index (χ3n) is 3.25. The van der Waals surface area contributed by atoms with E-state index in [0.29, 0.717) is 0 Å². The molecule has 1 heterocycles. The van der Waals surface area contributed by atoms with E-state index in [1.165, 1.54) is 12.5 Å². The fourth-order valence-electron chi connectivity index (χ4n) is 2.13. The number of hydrogen-bond acceptors (Lipinski definition) is 6. The maximum atomic E-state index is 5.54. The van der Waals surface area contributed by atoms with Crippen LogP contribution in [0.2, 0.25) is 0 Å². The van der Waals surface area contributed by atoms with Crippen molar-refractivity contribution in [2.24, 2.45) is 0 Å². The molecule has 2 atom stereocenters. The predicted octanol–water partition coefficient (Wildman–Crippen LogP) is 5.32. The number of rotatable bonds is 14. The molecule has 0 saturated heterocycles. The lowest BCUT2D eigenvalue weighted by Gasteiger charge is -2.16. The van der Waals surface area contributed by atoms with Gasteiger partial charge in [-0.25, -0.2) is 9.97 Å². The van der Waals surface area contributed by atoms with Gasteiger partial charge in [0.15, 0.2) is 0 Å². The average Bonchev–Trinajstić information content (AvgIpc) is 2.59. The third kappa shape index (κ3) is 8.64. The molecule has 0 saturated carbocycles. The summed E-state index contributed by atoms with van der Waals surface area (Å²) in [5.74, 6) is 1.72. The highest BCUT2D eigenvalue weighted by Crippen LogP contribution is 2.24. The monoisotopic (exact) mass is 368 g/mol. The molecule has 134 valence electrons. The van der Waals surface area contributed by atoms with Crippen LogP contribution in [0.5, 0.6) is 0 Å². The second-order valence-corrected chi connectivity index (χ2v) is 7.32.